The van der Waals surface area contributed by atoms with Crippen LogP contribution in [0.4, 0.5) is 14.5 Å². The summed E-state index contributed by atoms with van der Waals surface area (Å²) >= 11 is 0. The van der Waals surface area contributed by atoms with Crippen LogP contribution in [0, 0.1) is 6.92 Å². The number of Topliss-reactive ketones (excluding diaryl/α,β-unsaturated/α-hetero) is 1. The van der Waals surface area contributed by atoms with Crippen LogP contribution in [-0.4, -0.2) is 12.4 Å². The number of aryl methyl sites for hydroxylation is 1. The van der Waals surface area contributed by atoms with Gasteiger partial charge in [0.2, 0.25) is 0 Å². The van der Waals surface area contributed by atoms with E-state index in [1.807, 2.05) is 0 Å². The number of halogens is 2. The summed E-state index contributed by atoms with van der Waals surface area (Å²) in [6, 6.07) is 2.67. The van der Waals surface area contributed by atoms with E-state index in [4.69, 9.17) is 5.73 Å². The molecule has 2 N–H and O–H groups in total. The summed E-state index contributed by atoms with van der Waals surface area (Å²) < 4.78 is 28.1. The molecule has 3 nitrogen and oxygen atoms in total. The molecule has 0 spiro atoms. The van der Waals surface area contributed by atoms with Gasteiger partial charge in [0.05, 0.1) is 5.69 Å². The predicted octanol–water partition coefficient (Wildman–Crippen LogP) is 2.38. The number of carbonyl (C=O) groups excluding carboxylic acids is 1. The molecule has 0 heterocycles. The van der Waals surface area contributed by atoms with E-state index in [-0.39, 0.29) is 17.2 Å². The van der Waals surface area contributed by atoms with Crippen molar-refractivity contribution in [3.05, 3.63) is 23.3 Å². The van der Waals surface area contributed by atoms with E-state index in [1.54, 1.807) is 6.92 Å². The second-order valence-corrected chi connectivity index (χ2v) is 3.14. The third kappa shape index (κ3) is 2.65. The zero-order valence-corrected chi connectivity index (χ0v) is 8.38. The number of alkyl halides is 2. The third-order valence-electron chi connectivity index (χ3n) is 1.95. The van der Waals surface area contributed by atoms with E-state index in [1.165, 1.54) is 19.1 Å². The maximum atomic E-state index is 12.0. The fraction of sp³-hybridized carbons (Fsp3) is 0.300. The molecule has 0 bridgehead atoms. The number of ether oxygens (including phenoxy) is 1. The molecule has 5 heteroatoms. The van der Waals surface area contributed by atoms with Gasteiger partial charge in [0.25, 0.3) is 0 Å². The van der Waals surface area contributed by atoms with Crippen LogP contribution in [0.2, 0.25) is 0 Å². The summed E-state index contributed by atoms with van der Waals surface area (Å²) in [5, 5.41) is 0. The number of hydrogen-bond donors (Lipinski definition) is 1. The molecule has 0 aromatic heterocycles. The summed E-state index contributed by atoms with van der Waals surface area (Å²) in [4.78, 5) is 11.1. The van der Waals surface area contributed by atoms with Crippen molar-refractivity contribution in [2.24, 2.45) is 0 Å². The lowest BCUT2D eigenvalue weighted by atomic mass is 10.0. The Bertz CT molecular complexity index is 391. The molecule has 82 valence electrons. The van der Waals surface area contributed by atoms with Crippen LogP contribution in [-0.2, 0) is 0 Å². The van der Waals surface area contributed by atoms with Crippen molar-refractivity contribution in [3.8, 4) is 5.75 Å². The molecule has 0 aliphatic rings. The number of nitrogens with two attached hydrogens (primary N) is 1. The molecule has 15 heavy (non-hydrogen) atoms. The van der Waals surface area contributed by atoms with Gasteiger partial charge in [-0.3, -0.25) is 4.79 Å². The molecule has 0 saturated carbocycles. The lowest BCUT2D eigenvalue weighted by Gasteiger charge is -2.10. The lowest BCUT2D eigenvalue weighted by molar-refractivity contribution is -0.0493. The average Bonchev–Trinajstić information content (AvgIpc) is 2.08. The number of anilines is 1. The molecule has 0 aliphatic carbocycles. The molecule has 0 atom stereocenters. The molecule has 1 aromatic carbocycles. The van der Waals surface area contributed by atoms with Gasteiger partial charge in [-0.1, -0.05) is 0 Å². The van der Waals surface area contributed by atoms with E-state index < -0.39 is 6.61 Å². The van der Waals surface area contributed by atoms with Crippen molar-refractivity contribution in [2.45, 2.75) is 20.5 Å². The molecule has 0 unspecified atom stereocenters. The smallest absolute Gasteiger partial charge is 0.387 e. The Hall–Kier alpha value is -1.65. The zero-order valence-electron chi connectivity index (χ0n) is 8.38. The van der Waals surface area contributed by atoms with E-state index in [2.05, 4.69) is 4.74 Å². The minimum atomic E-state index is -2.95. The summed E-state index contributed by atoms with van der Waals surface area (Å²) in [6.45, 7) is 0.0824. The van der Waals surface area contributed by atoms with Crippen molar-refractivity contribution in [1.29, 1.82) is 0 Å². The van der Waals surface area contributed by atoms with Crippen LogP contribution in [0.3, 0.4) is 0 Å². The largest absolute Gasteiger partial charge is 0.433 e. The summed E-state index contributed by atoms with van der Waals surface area (Å²) in [5.74, 6) is -0.382. The molecular formula is C10H11F2NO2. The molecule has 1 rings (SSSR count). The van der Waals surface area contributed by atoms with Gasteiger partial charge >= 0.3 is 6.61 Å². The van der Waals surface area contributed by atoms with Crippen LogP contribution in [0.5, 0.6) is 5.75 Å². The van der Waals surface area contributed by atoms with E-state index >= 15 is 0 Å². The van der Waals surface area contributed by atoms with E-state index in [0.717, 1.165) is 0 Å². The Labute approximate surface area is 85.8 Å². The first kappa shape index (κ1) is 11.4. The topological polar surface area (TPSA) is 52.3 Å². The predicted molar refractivity (Wildman–Crippen MR) is 52.2 cm³/mol. The molecule has 0 aliphatic heterocycles. The average molecular weight is 215 g/mol. The third-order valence-corrected chi connectivity index (χ3v) is 1.95. The first-order valence-corrected chi connectivity index (χ1v) is 4.27. The zero-order chi connectivity index (χ0) is 11.6. The number of rotatable bonds is 3. The van der Waals surface area contributed by atoms with Crippen molar-refractivity contribution in [2.75, 3.05) is 5.73 Å². The quantitative estimate of drug-likeness (QED) is 0.622. The van der Waals surface area contributed by atoms with Crippen LogP contribution < -0.4 is 10.5 Å². The fourth-order valence-electron chi connectivity index (χ4n) is 1.29. The van der Waals surface area contributed by atoms with Crippen molar-refractivity contribution in [3.63, 3.8) is 0 Å². The fourth-order valence-corrected chi connectivity index (χ4v) is 1.29. The van der Waals surface area contributed by atoms with Gasteiger partial charge < -0.3 is 10.5 Å². The molecule has 0 amide bonds. The number of benzene rings is 1. The molecular weight excluding hydrogens is 204 g/mol. The monoisotopic (exact) mass is 215 g/mol. The molecule has 0 radical (unpaired) electrons. The lowest BCUT2D eigenvalue weighted by Crippen LogP contribution is -2.07. The second kappa shape index (κ2) is 4.25. The second-order valence-electron chi connectivity index (χ2n) is 3.14. The Kier molecular flexibility index (Phi) is 3.24. The van der Waals surface area contributed by atoms with Gasteiger partial charge in [0, 0.05) is 5.56 Å². The Morgan fingerprint density at radius 1 is 1.47 bits per heavy atom. The highest BCUT2D eigenvalue weighted by atomic mass is 19.3. The Morgan fingerprint density at radius 3 is 2.53 bits per heavy atom. The van der Waals surface area contributed by atoms with Gasteiger partial charge in [0.15, 0.2) is 5.78 Å². The van der Waals surface area contributed by atoms with Gasteiger partial charge in [-0.15, -0.1) is 0 Å². The molecule has 0 fully saturated rings. The number of nitrogen functional groups attached to an aromatic ring is 1. The summed E-state index contributed by atoms with van der Waals surface area (Å²) in [5.41, 5.74) is 6.54. The minimum absolute atomic E-state index is 0.0952. The maximum Gasteiger partial charge on any atom is 0.387 e. The first-order valence-electron chi connectivity index (χ1n) is 4.27. The van der Waals surface area contributed by atoms with Crippen molar-refractivity contribution in [1.82, 2.24) is 0 Å². The van der Waals surface area contributed by atoms with Gasteiger partial charge in [-0.2, -0.15) is 8.78 Å². The molecule has 0 saturated heterocycles. The van der Waals surface area contributed by atoms with Gasteiger partial charge in [-0.25, -0.2) is 0 Å². The first-order chi connectivity index (χ1) is 6.91. The van der Waals surface area contributed by atoms with Crippen molar-refractivity contribution >= 4 is 11.5 Å². The minimum Gasteiger partial charge on any atom is -0.433 e. The Balaban J connectivity index is 3.17. The number of carbonyl (C=O) groups is 1. The highest BCUT2D eigenvalue weighted by Crippen LogP contribution is 2.27. The summed E-state index contributed by atoms with van der Waals surface area (Å²) in [7, 11) is 0. The van der Waals surface area contributed by atoms with Gasteiger partial charge in [-0.05, 0) is 31.5 Å². The molecule has 1 aromatic rings. The van der Waals surface area contributed by atoms with Crippen LogP contribution in [0.1, 0.15) is 22.8 Å². The Morgan fingerprint density at radius 2 is 2.07 bits per heavy atom. The summed E-state index contributed by atoms with van der Waals surface area (Å²) in [6.07, 6.45) is 0. The number of ketones is 1. The van der Waals surface area contributed by atoms with E-state index in [0.29, 0.717) is 11.1 Å². The maximum absolute atomic E-state index is 12.0. The number of hydrogen-bond acceptors (Lipinski definition) is 3. The highest BCUT2D eigenvalue weighted by Gasteiger charge is 2.12. The van der Waals surface area contributed by atoms with Crippen molar-refractivity contribution < 1.29 is 18.3 Å². The van der Waals surface area contributed by atoms with Crippen LogP contribution in [0.25, 0.3) is 0 Å². The van der Waals surface area contributed by atoms with E-state index in [9.17, 15) is 13.6 Å². The normalized spacial score (nSPS) is 10.5. The van der Waals surface area contributed by atoms with Gasteiger partial charge in [0.1, 0.15) is 5.75 Å². The highest BCUT2D eigenvalue weighted by molar-refractivity contribution is 5.96. The van der Waals surface area contributed by atoms with Crippen LogP contribution >= 0.6 is 0 Å². The SMILES string of the molecule is CC(=O)c1cc(OC(F)F)c(N)cc1C. The van der Waals surface area contributed by atoms with Crippen LogP contribution in [0.15, 0.2) is 12.1 Å². The standard InChI is InChI=1S/C10H11F2NO2/c1-5-3-8(13)9(15-10(11)12)4-7(5)6(2)14/h3-4,10H,13H2,1-2H3.